The largest absolute Gasteiger partial charge is 0.390 e. The number of rotatable bonds is 11. The summed E-state index contributed by atoms with van der Waals surface area (Å²) in [7, 11) is -2.93. The third kappa shape index (κ3) is 8.49. The molecule has 2 unspecified atom stereocenters. The molecule has 1 saturated carbocycles. The number of carbonyl (C=O) groups is 1. The lowest BCUT2D eigenvalue weighted by Crippen LogP contribution is -2.50. The number of aliphatic hydroxyl groups excluding tert-OH is 1. The highest BCUT2D eigenvalue weighted by Gasteiger charge is 2.29. The molecule has 4 rings (SSSR count). The van der Waals surface area contributed by atoms with Crippen LogP contribution in [0.2, 0.25) is 5.02 Å². The van der Waals surface area contributed by atoms with Gasteiger partial charge in [0.25, 0.3) is 5.91 Å². The van der Waals surface area contributed by atoms with Gasteiger partial charge in [-0.2, -0.15) is 0 Å². The highest BCUT2D eigenvalue weighted by atomic mass is 35.5. The number of nitrogens with zero attached hydrogens (tertiary/aromatic N) is 1. The maximum atomic E-state index is 13.6. The van der Waals surface area contributed by atoms with Gasteiger partial charge in [-0.1, -0.05) is 43.0 Å². The van der Waals surface area contributed by atoms with Crippen molar-refractivity contribution >= 4 is 39.7 Å². The summed E-state index contributed by atoms with van der Waals surface area (Å²) in [5.74, 6) is 0.00345. The third-order valence-corrected chi connectivity index (χ3v) is 9.79. The first-order valence-corrected chi connectivity index (χ1v) is 16.2. The molecule has 2 atom stereocenters. The number of anilines is 2. The van der Waals surface area contributed by atoms with Crippen molar-refractivity contribution in [2.45, 2.75) is 76.5 Å². The molecular weight excluding hydrogens is 536 g/mol. The number of amides is 1. The van der Waals surface area contributed by atoms with Gasteiger partial charge in [-0.3, -0.25) is 18.2 Å². The maximum absolute atomic E-state index is 13.6. The van der Waals surface area contributed by atoms with E-state index in [1.807, 2.05) is 37.3 Å². The van der Waals surface area contributed by atoms with E-state index in [0.29, 0.717) is 54.1 Å². The van der Waals surface area contributed by atoms with Gasteiger partial charge in [0.15, 0.2) is 0 Å². The van der Waals surface area contributed by atoms with Crippen molar-refractivity contribution in [3.8, 4) is 0 Å². The van der Waals surface area contributed by atoms with E-state index in [2.05, 4.69) is 16.0 Å². The molecule has 0 spiro atoms. The van der Waals surface area contributed by atoms with Crippen molar-refractivity contribution in [1.29, 1.82) is 0 Å². The molecule has 1 saturated heterocycles. The average molecular weight is 579 g/mol. The van der Waals surface area contributed by atoms with Crippen LogP contribution < -0.4 is 20.3 Å². The first kappa shape index (κ1) is 30.0. The van der Waals surface area contributed by atoms with Crippen LogP contribution >= 0.6 is 22.4 Å². The predicted molar refractivity (Wildman–Crippen MR) is 162 cm³/mol. The molecule has 0 radical (unpaired) electrons. The van der Waals surface area contributed by atoms with E-state index in [1.165, 1.54) is 19.3 Å². The topological polar surface area (TPSA) is 117 Å². The molecule has 39 heavy (non-hydrogen) atoms. The molecule has 216 valence electrons. The van der Waals surface area contributed by atoms with Crippen molar-refractivity contribution < 1.29 is 19.0 Å². The summed E-state index contributed by atoms with van der Waals surface area (Å²) in [5.41, 5.74) is 2.70. The minimum atomic E-state index is -2.93. The number of nitrogens with one attached hydrogen (secondary N) is 3. The second kappa shape index (κ2) is 14.1. The normalized spacial score (nSPS) is 20.2. The molecule has 0 aromatic heterocycles. The summed E-state index contributed by atoms with van der Waals surface area (Å²) >= 11 is 6.08. The Bertz CT molecular complexity index is 1080. The Morgan fingerprint density at radius 2 is 1.82 bits per heavy atom. The van der Waals surface area contributed by atoms with Crippen LogP contribution in [0.3, 0.4) is 0 Å². The number of hydrogen-bond donors (Lipinski definition) is 6. The summed E-state index contributed by atoms with van der Waals surface area (Å²) in [6.07, 6.45) is 7.14. The number of carbonyl (C=O) groups excluding carboxylic acids is 1. The molecule has 10 heteroatoms. The van der Waals surface area contributed by atoms with E-state index in [4.69, 9.17) is 11.6 Å². The van der Waals surface area contributed by atoms with E-state index in [1.54, 1.807) is 16.4 Å². The SMILES string of the molecule is CCNc1cc(C(=O)NC(Cc2ccc(Cl)cc2)C(O)CNC2CCCCC2)cc(N2CCCCS2(O)O)c1. The molecule has 2 fully saturated rings. The maximum Gasteiger partial charge on any atom is 0.251 e. The standard InChI is InChI=1S/C29H43ClN4O4S/c1-2-31-25-17-22(18-26(19-25)34-14-6-7-15-39(34,37)38)29(36)33-27(16-21-10-12-23(30)13-11-21)28(35)20-32-24-8-4-3-5-9-24/h10-13,17-19,24,27-28,31-32,35,37-38H,2-9,14-16,20H2,1H3,(H,33,36). The van der Waals surface area contributed by atoms with Crippen molar-refractivity contribution in [2.24, 2.45) is 0 Å². The predicted octanol–water partition coefficient (Wildman–Crippen LogP) is 5.66. The van der Waals surface area contributed by atoms with Gasteiger partial charge in [-0.05, 0) is 74.9 Å². The summed E-state index contributed by atoms with van der Waals surface area (Å²) in [5, 5.41) is 21.7. The van der Waals surface area contributed by atoms with Gasteiger partial charge in [0.1, 0.15) is 0 Å². The monoisotopic (exact) mass is 578 g/mol. The fourth-order valence-corrected chi connectivity index (χ4v) is 7.25. The van der Waals surface area contributed by atoms with Crippen molar-refractivity contribution in [1.82, 2.24) is 10.6 Å². The fourth-order valence-electron chi connectivity index (χ4n) is 5.44. The van der Waals surface area contributed by atoms with Gasteiger partial charge >= 0.3 is 0 Å². The first-order chi connectivity index (χ1) is 18.7. The Kier molecular flexibility index (Phi) is 10.8. The minimum Gasteiger partial charge on any atom is -0.390 e. The van der Waals surface area contributed by atoms with Gasteiger partial charge in [-0.25, -0.2) is 0 Å². The second-order valence-corrected chi connectivity index (χ2v) is 13.2. The van der Waals surface area contributed by atoms with Crippen LogP contribution in [-0.4, -0.2) is 63.7 Å². The van der Waals surface area contributed by atoms with Crippen molar-refractivity contribution in [3.63, 3.8) is 0 Å². The molecule has 1 aliphatic heterocycles. The molecule has 6 N–H and O–H groups in total. The lowest BCUT2D eigenvalue weighted by molar-refractivity contribution is 0.0821. The zero-order valence-electron chi connectivity index (χ0n) is 22.7. The van der Waals surface area contributed by atoms with Crippen LogP contribution in [0, 0.1) is 0 Å². The molecule has 1 heterocycles. The van der Waals surface area contributed by atoms with E-state index in [0.717, 1.165) is 36.9 Å². The Balaban J connectivity index is 1.54. The number of benzene rings is 2. The smallest absolute Gasteiger partial charge is 0.251 e. The van der Waals surface area contributed by atoms with Crippen LogP contribution in [0.4, 0.5) is 11.4 Å². The number of aliphatic hydroxyl groups is 1. The zero-order valence-corrected chi connectivity index (χ0v) is 24.3. The number of halogens is 1. The summed E-state index contributed by atoms with van der Waals surface area (Å²) in [6.45, 7) is 3.54. The second-order valence-electron chi connectivity index (χ2n) is 10.7. The Morgan fingerprint density at radius 1 is 1.08 bits per heavy atom. The van der Waals surface area contributed by atoms with E-state index < -0.39 is 22.9 Å². The van der Waals surface area contributed by atoms with E-state index >= 15 is 0 Å². The Hall–Kier alpha value is -2.01. The van der Waals surface area contributed by atoms with Gasteiger partial charge in [0.05, 0.1) is 23.6 Å². The minimum absolute atomic E-state index is 0.319. The summed E-state index contributed by atoms with van der Waals surface area (Å²) in [4.78, 5) is 13.6. The van der Waals surface area contributed by atoms with Crippen LogP contribution in [-0.2, 0) is 6.42 Å². The van der Waals surface area contributed by atoms with E-state index in [-0.39, 0.29) is 5.91 Å². The quantitative estimate of drug-likeness (QED) is 0.204. The molecule has 2 aliphatic rings. The van der Waals surface area contributed by atoms with Crippen LogP contribution in [0.5, 0.6) is 0 Å². The molecule has 0 bridgehead atoms. The van der Waals surface area contributed by atoms with Crippen LogP contribution in [0.25, 0.3) is 0 Å². The van der Waals surface area contributed by atoms with E-state index in [9.17, 15) is 19.0 Å². The van der Waals surface area contributed by atoms with Crippen molar-refractivity contribution in [2.75, 3.05) is 35.0 Å². The van der Waals surface area contributed by atoms with Gasteiger partial charge in [0, 0.05) is 41.9 Å². The lowest BCUT2D eigenvalue weighted by atomic mass is 9.95. The lowest BCUT2D eigenvalue weighted by Gasteiger charge is -2.47. The average Bonchev–Trinajstić information content (AvgIpc) is 2.93. The first-order valence-electron chi connectivity index (χ1n) is 14.1. The van der Waals surface area contributed by atoms with Crippen LogP contribution in [0.1, 0.15) is 67.8 Å². The summed E-state index contributed by atoms with van der Waals surface area (Å²) in [6, 6.07) is 12.6. The fraction of sp³-hybridized carbons (Fsp3) is 0.552. The van der Waals surface area contributed by atoms with Crippen LogP contribution in [0.15, 0.2) is 42.5 Å². The number of hydrogen-bond acceptors (Lipinski definition) is 7. The molecule has 2 aromatic carbocycles. The molecule has 1 amide bonds. The van der Waals surface area contributed by atoms with Gasteiger partial charge in [0.2, 0.25) is 0 Å². The molecule has 2 aromatic rings. The zero-order chi connectivity index (χ0) is 27.8. The molecule has 1 aliphatic carbocycles. The Morgan fingerprint density at radius 3 is 2.51 bits per heavy atom. The van der Waals surface area contributed by atoms with Gasteiger partial charge < -0.3 is 21.1 Å². The molecular formula is C29H43ClN4O4S. The Labute approximate surface area is 239 Å². The highest BCUT2D eigenvalue weighted by Crippen LogP contribution is 2.50. The highest BCUT2D eigenvalue weighted by molar-refractivity contribution is 8.25. The van der Waals surface area contributed by atoms with Crippen molar-refractivity contribution in [3.05, 3.63) is 58.6 Å². The molecule has 8 nitrogen and oxygen atoms in total. The summed E-state index contributed by atoms with van der Waals surface area (Å²) < 4.78 is 23.0. The van der Waals surface area contributed by atoms with Gasteiger partial charge in [-0.15, -0.1) is 10.8 Å². The third-order valence-electron chi connectivity index (χ3n) is 7.60.